The molecule has 1 aliphatic heterocycles. The molecule has 1 amide bonds. The Morgan fingerprint density at radius 2 is 2.06 bits per heavy atom. The topological polar surface area (TPSA) is 86.8 Å². The van der Waals surface area contributed by atoms with Crippen LogP contribution in [0.3, 0.4) is 0 Å². The van der Waals surface area contributed by atoms with E-state index in [1.807, 2.05) is 49.6 Å². The number of nitrogens with one attached hydrogen (secondary N) is 2. The fourth-order valence-corrected chi connectivity index (χ4v) is 3.90. The van der Waals surface area contributed by atoms with Crippen molar-refractivity contribution < 1.29 is 4.79 Å². The van der Waals surface area contributed by atoms with Crippen LogP contribution in [0.15, 0.2) is 55.0 Å². The Kier molecular flexibility index (Phi) is 5.18. The van der Waals surface area contributed by atoms with E-state index in [0.717, 1.165) is 53.6 Å². The number of hydrogen-bond donors (Lipinski definition) is 2. The maximum atomic E-state index is 13.0. The van der Waals surface area contributed by atoms with Gasteiger partial charge in [-0.05, 0) is 66.9 Å². The molecule has 1 saturated heterocycles. The minimum absolute atomic E-state index is 0.276. The molecule has 0 bridgehead atoms. The largest absolute Gasteiger partial charge is 0.305 e. The van der Waals surface area contributed by atoms with Gasteiger partial charge >= 0.3 is 0 Å². The minimum Gasteiger partial charge on any atom is -0.305 e. The van der Waals surface area contributed by atoms with Crippen molar-refractivity contribution in [3.63, 3.8) is 0 Å². The Morgan fingerprint density at radius 1 is 1.16 bits per heavy atom. The first-order valence-electron chi connectivity index (χ1n) is 10.6. The van der Waals surface area contributed by atoms with Crippen molar-refractivity contribution in [2.45, 2.75) is 26.3 Å². The fourth-order valence-electron chi connectivity index (χ4n) is 3.90. The third-order valence-electron chi connectivity index (χ3n) is 5.77. The number of carbonyl (C=O) groups is 1. The first-order valence-corrected chi connectivity index (χ1v) is 10.6. The monoisotopic (exact) mass is 412 g/mol. The Hall–Kier alpha value is -3.58. The van der Waals surface area contributed by atoms with Crippen LogP contribution >= 0.6 is 0 Å². The number of H-pyrrole nitrogens is 1. The van der Waals surface area contributed by atoms with Crippen molar-refractivity contribution in [1.29, 1.82) is 0 Å². The third-order valence-corrected chi connectivity index (χ3v) is 5.77. The molecular weight excluding hydrogens is 388 g/mol. The van der Waals surface area contributed by atoms with Gasteiger partial charge in [0.1, 0.15) is 5.82 Å². The van der Waals surface area contributed by atoms with Gasteiger partial charge in [-0.1, -0.05) is 19.1 Å². The lowest BCUT2D eigenvalue weighted by atomic mass is 10.0. The van der Waals surface area contributed by atoms with Gasteiger partial charge in [0, 0.05) is 36.1 Å². The summed E-state index contributed by atoms with van der Waals surface area (Å²) in [6.07, 6.45) is 7.52. The maximum Gasteiger partial charge on any atom is 0.277 e. The van der Waals surface area contributed by atoms with Gasteiger partial charge in [-0.25, -0.2) is 4.98 Å². The summed E-state index contributed by atoms with van der Waals surface area (Å²) >= 11 is 0. The second-order valence-electron chi connectivity index (χ2n) is 7.86. The van der Waals surface area contributed by atoms with Gasteiger partial charge in [0.2, 0.25) is 0 Å². The lowest BCUT2D eigenvalue weighted by Crippen LogP contribution is -2.36. The summed E-state index contributed by atoms with van der Waals surface area (Å²) in [7, 11) is 0. The van der Waals surface area contributed by atoms with E-state index in [-0.39, 0.29) is 5.91 Å². The first-order chi connectivity index (χ1) is 15.2. The number of nitrogens with zero attached hydrogens (tertiary/aromatic N) is 4. The number of aromatic amines is 1. The van der Waals surface area contributed by atoms with Crippen LogP contribution in [0.2, 0.25) is 0 Å². The molecule has 31 heavy (non-hydrogen) atoms. The van der Waals surface area contributed by atoms with E-state index >= 15 is 0 Å². The van der Waals surface area contributed by atoms with Crippen molar-refractivity contribution in [3.8, 4) is 11.1 Å². The molecule has 0 atom stereocenters. The number of fused-ring (bicyclic) bond motifs is 1. The second kappa shape index (κ2) is 8.28. The van der Waals surface area contributed by atoms with Gasteiger partial charge in [0.25, 0.3) is 5.91 Å². The minimum atomic E-state index is -0.276. The third kappa shape index (κ3) is 3.92. The van der Waals surface area contributed by atoms with Gasteiger partial charge in [0.05, 0.1) is 5.52 Å². The highest BCUT2D eigenvalue weighted by atomic mass is 16.2. The number of anilines is 1. The molecule has 7 heteroatoms. The zero-order valence-electron chi connectivity index (χ0n) is 17.4. The number of likely N-dealkylation sites (tertiary alicyclic amines) is 1. The molecule has 1 aromatic carbocycles. The standard InChI is InChI=1S/C24H24N6O/c1-2-17-5-3-8-26-23(17)27-24(31)22-20-12-18(6-7-21(20)28-29-22)19-11-16(13-25-14-19)15-30-9-4-10-30/h3,5-8,11-14H,2,4,9-10,15H2,1H3,(H,28,29)(H,26,27,31). The highest BCUT2D eigenvalue weighted by molar-refractivity contribution is 6.11. The Labute approximate surface area is 180 Å². The van der Waals surface area contributed by atoms with Crippen LogP contribution in [0.5, 0.6) is 0 Å². The number of pyridine rings is 2. The predicted molar refractivity (Wildman–Crippen MR) is 121 cm³/mol. The van der Waals surface area contributed by atoms with E-state index in [2.05, 4.69) is 36.4 Å². The number of benzene rings is 1. The smallest absolute Gasteiger partial charge is 0.277 e. The normalized spacial score (nSPS) is 13.8. The Morgan fingerprint density at radius 3 is 2.87 bits per heavy atom. The second-order valence-corrected chi connectivity index (χ2v) is 7.86. The molecule has 5 rings (SSSR count). The molecule has 2 N–H and O–H groups in total. The van der Waals surface area contributed by atoms with Gasteiger partial charge in [-0.2, -0.15) is 5.10 Å². The molecular formula is C24H24N6O. The van der Waals surface area contributed by atoms with Gasteiger partial charge < -0.3 is 5.32 Å². The molecule has 0 spiro atoms. The molecule has 7 nitrogen and oxygen atoms in total. The van der Waals surface area contributed by atoms with E-state index in [1.165, 1.54) is 12.0 Å². The van der Waals surface area contributed by atoms with Gasteiger partial charge in [-0.3, -0.25) is 19.8 Å². The number of carbonyl (C=O) groups excluding carboxylic acids is 1. The molecule has 1 fully saturated rings. The molecule has 3 aromatic heterocycles. The van der Waals surface area contributed by atoms with E-state index in [0.29, 0.717) is 11.5 Å². The highest BCUT2D eigenvalue weighted by Crippen LogP contribution is 2.27. The van der Waals surface area contributed by atoms with E-state index < -0.39 is 0 Å². The van der Waals surface area contributed by atoms with Crippen LogP contribution in [0, 0.1) is 0 Å². The van der Waals surface area contributed by atoms with Gasteiger partial charge in [-0.15, -0.1) is 0 Å². The molecule has 4 heterocycles. The summed E-state index contributed by atoms with van der Waals surface area (Å²) < 4.78 is 0. The van der Waals surface area contributed by atoms with Crippen molar-refractivity contribution in [1.82, 2.24) is 25.1 Å². The Balaban J connectivity index is 1.44. The molecule has 156 valence electrons. The summed E-state index contributed by atoms with van der Waals surface area (Å²) in [5.41, 5.74) is 5.40. The zero-order valence-corrected chi connectivity index (χ0v) is 17.4. The Bertz CT molecular complexity index is 1240. The SMILES string of the molecule is CCc1cccnc1NC(=O)c1n[nH]c2ccc(-c3cncc(CN4CCC4)c3)cc12. The molecule has 0 unspecified atom stereocenters. The molecule has 0 saturated carbocycles. The number of rotatable bonds is 6. The number of aromatic nitrogens is 4. The summed E-state index contributed by atoms with van der Waals surface area (Å²) in [5.74, 6) is 0.298. The van der Waals surface area contributed by atoms with Crippen LogP contribution < -0.4 is 5.32 Å². The van der Waals surface area contributed by atoms with Crippen molar-refractivity contribution >= 4 is 22.6 Å². The van der Waals surface area contributed by atoms with Crippen LogP contribution in [-0.2, 0) is 13.0 Å². The van der Waals surface area contributed by atoms with Crippen molar-refractivity contribution in [3.05, 3.63) is 71.8 Å². The van der Waals surface area contributed by atoms with Crippen molar-refractivity contribution in [2.24, 2.45) is 0 Å². The molecule has 0 aliphatic carbocycles. The highest BCUT2D eigenvalue weighted by Gasteiger charge is 2.18. The van der Waals surface area contributed by atoms with Crippen LogP contribution in [0.1, 0.15) is 35.0 Å². The summed E-state index contributed by atoms with van der Waals surface area (Å²) in [6, 6.07) is 12.0. The predicted octanol–water partition coefficient (Wildman–Crippen LogP) is 4.04. The number of aryl methyl sites for hydroxylation is 1. The van der Waals surface area contributed by atoms with Crippen LogP contribution in [0.25, 0.3) is 22.0 Å². The van der Waals surface area contributed by atoms with Gasteiger partial charge in [0.15, 0.2) is 5.69 Å². The quantitative estimate of drug-likeness (QED) is 0.499. The summed E-state index contributed by atoms with van der Waals surface area (Å²) in [6.45, 7) is 5.26. The summed E-state index contributed by atoms with van der Waals surface area (Å²) in [4.78, 5) is 24.1. The lowest BCUT2D eigenvalue weighted by molar-refractivity contribution is 0.102. The van der Waals surface area contributed by atoms with Crippen molar-refractivity contribution in [2.75, 3.05) is 18.4 Å². The average Bonchev–Trinajstić information content (AvgIpc) is 3.20. The van der Waals surface area contributed by atoms with Crippen LogP contribution in [-0.4, -0.2) is 44.1 Å². The number of hydrogen-bond acceptors (Lipinski definition) is 5. The van der Waals surface area contributed by atoms with E-state index in [4.69, 9.17) is 0 Å². The zero-order chi connectivity index (χ0) is 21.2. The van der Waals surface area contributed by atoms with Crippen LogP contribution in [0.4, 0.5) is 5.82 Å². The average molecular weight is 412 g/mol. The molecule has 1 aliphatic rings. The summed E-state index contributed by atoms with van der Waals surface area (Å²) in [5, 5.41) is 10.9. The maximum absolute atomic E-state index is 13.0. The van der Waals surface area contributed by atoms with E-state index in [9.17, 15) is 4.79 Å². The van der Waals surface area contributed by atoms with E-state index in [1.54, 1.807) is 6.20 Å². The first kappa shape index (κ1) is 19.4. The lowest BCUT2D eigenvalue weighted by Gasteiger charge is -2.30. The fraction of sp³-hybridized carbons (Fsp3) is 0.250. The molecule has 4 aromatic rings. The number of amides is 1. The molecule has 0 radical (unpaired) electrons.